The van der Waals surface area contributed by atoms with E-state index in [4.69, 9.17) is 31.0 Å². The first kappa shape index (κ1) is 38.5. The molecule has 4 atom stereocenters. The number of benzene rings is 1. The maximum Gasteiger partial charge on any atom is 0.259 e. The second-order valence-corrected chi connectivity index (χ2v) is 19.2. The fraction of sp³-hybridized carbons (Fsp3) is 0.564. The molecule has 3 fully saturated rings. The molecule has 7 rings (SSSR count). The van der Waals surface area contributed by atoms with Gasteiger partial charge in [-0.1, -0.05) is 64.3 Å². The lowest BCUT2D eigenvalue weighted by molar-refractivity contribution is -0.146. The second kappa shape index (κ2) is 14.7. The standard InChI is InChI=1S/C39H48ClN5O7S2/c1-22(2)28-21-53-35(42-28)27-18-31(26-14-15-30(51-5)32(40)33(26)41-27)52-24-17-29-34(46)43-39(36(47)44-54(49,50)25-12-13-25)19-23(39)11-9-7-6-8-10-16-38(3,4)37(48)45(29)20-24/h9,11,14-15,18,21-25,29H,6-8,10,12-13,16-17,19-20H2,1-5H3,(H,43,46)(H,44,47)/b11-9-/t23-,24-,29+,39-/m1/s1. The first-order valence-corrected chi connectivity index (χ1v) is 21.6. The topological polar surface area (TPSA) is 157 Å². The first-order chi connectivity index (χ1) is 25.6. The van der Waals surface area contributed by atoms with Gasteiger partial charge in [0.2, 0.25) is 21.8 Å². The molecule has 4 heterocycles. The molecule has 2 aromatic heterocycles. The fourth-order valence-corrected chi connectivity index (χ4v) is 10.1. The smallest absolute Gasteiger partial charge is 0.259 e. The van der Waals surface area contributed by atoms with Crippen LogP contribution in [-0.2, 0) is 24.4 Å². The van der Waals surface area contributed by atoms with Crippen LogP contribution in [0.3, 0.4) is 0 Å². The van der Waals surface area contributed by atoms with Crippen LogP contribution in [0, 0.1) is 11.3 Å². The summed E-state index contributed by atoms with van der Waals surface area (Å²) < 4.78 is 40.2. The molecule has 2 N–H and O–H groups in total. The highest BCUT2D eigenvalue weighted by Crippen LogP contribution is 2.47. The number of sulfonamides is 1. The van der Waals surface area contributed by atoms with Crippen LogP contribution < -0.4 is 19.5 Å². The van der Waals surface area contributed by atoms with Gasteiger partial charge in [0.25, 0.3) is 5.91 Å². The molecule has 0 bridgehead atoms. The summed E-state index contributed by atoms with van der Waals surface area (Å²) in [5.41, 5.74) is -0.233. The van der Waals surface area contributed by atoms with Crippen LogP contribution in [0.1, 0.15) is 97.1 Å². The summed E-state index contributed by atoms with van der Waals surface area (Å²) in [5, 5.41) is 6.00. The average Bonchev–Trinajstić information content (AvgIpc) is 4.00. The third-order valence-corrected chi connectivity index (χ3v) is 14.2. The van der Waals surface area contributed by atoms with Crippen LogP contribution in [-0.4, -0.2) is 77.6 Å². The van der Waals surface area contributed by atoms with Gasteiger partial charge >= 0.3 is 0 Å². The van der Waals surface area contributed by atoms with Crippen molar-refractivity contribution in [3.8, 4) is 22.2 Å². The number of methoxy groups -OCH3 is 1. The Labute approximate surface area is 325 Å². The number of aromatic nitrogens is 2. The van der Waals surface area contributed by atoms with Crippen molar-refractivity contribution in [2.45, 2.75) is 114 Å². The predicted molar refractivity (Wildman–Crippen MR) is 208 cm³/mol. The summed E-state index contributed by atoms with van der Waals surface area (Å²) in [6.07, 6.45) is 8.82. The van der Waals surface area contributed by atoms with Gasteiger partial charge in [-0.2, -0.15) is 0 Å². The van der Waals surface area contributed by atoms with Gasteiger partial charge in [0.05, 0.1) is 30.1 Å². The molecule has 12 nitrogen and oxygen atoms in total. The van der Waals surface area contributed by atoms with Gasteiger partial charge in [0.1, 0.15) is 44.9 Å². The number of halogens is 1. The lowest BCUT2D eigenvalue weighted by Gasteiger charge is -2.33. The molecule has 0 spiro atoms. The highest BCUT2D eigenvalue weighted by atomic mass is 35.5. The van der Waals surface area contributed by atoms with Crippen LogP contribution in [0.15, 0.2) is 35.7 Å². The van der Waals surface area contributed by atoms with E-state index >= 15 is 0 Å². The maximum absolute atomic E-state index is 14.4. The van der Waals surface area contributed by atoms with Crippen molar-refractivity contribution in [1.29, 1.82) is 0 Å². The van der Waals surface area contributed by atoms with E-state index in [9.17, 15) is 22.8 Å². The molecule has 290 valence electrons. The Morgan fingerprint density at radius 3 is 2.61 bits per heavy atom. The quantitative estimate of drug-likeness (QED) is 0.242. The highest BCUT2D eigenvalue weighted by Gasteiger charge is 2.62. The summed E-state index contributed by atoms with van der Waals surface area (Å²) in [7, 11) is -2.32. The number of carbonyl (C=O) groups excluding carboxylic acids is 3. The van der Waals surface area contributed by atoms with Crippen molar-refractivity contribution in [3.05, 3.63) is 46.4 Å². The fourth-order valence-electron chi connectivity index (χ4n) is 7.51. The van der Waals surface area contributed by atoms with Gasteiger partial charge in [-0.15, -0.1) is 11.3 Å². The second-order valence-electron chi connectivity index (χ2n) is 16.0. The number of hydrogen-bond donors (Lipinski definition) is 2. The zero-order chi connectivity index (χ0) is 38.6. The van der Waals surface area contributed by atoms with Gasteiger partial charge in [0.15, 0.2) is 0 Å². The molecule has 2 aliphatic heterocycles. The minimum Gasteiger partial charge on any atom is -0.495 e. The van der Waals surface area contributed by atoms with E-state index in [-0.39, 0.29) is 37.1 Å². The summed E-state index contributed by atoms with van der Waals surface area (Å²) in [4.78, 5) is 53.8. The largest absolute Gasteiger partial charge is 0.495 e. The number of carbonyl (C=O) groups is 3. The van der Waals surface area contributed by atoms with Gasteiger partial charge < -0.3 is 19.7 Å². The minimum atomic E-state index is -3.85. The van der Waals surface area contributed by atoms with E-state index in [2.05, 4.69) is 23.9 Å². The Kier molecular flexibility index (Phi) is 10.5. The molecule has 54 heavy (non-hydrogen) atoms. The van der Waals surface area contributed by atoms with E-state index < -0.39 is 50.2 Å². The van der Waals surface area contributed by atoms with Crippen LogP contribution in [0.5, 0.6) is 11.5 Å². The van der Waals surface area contributed by atoms with Crippen LogP contribution in [0.2, 0.25) is 5.02 Å². The summed E-state index contributed by atoms with van der Waals surface area (Å²) in [6.45, 7) is 8.08. The van der Waals surface area contributed by atoms with E-state index in [0.717, 1.165) is 31.4 Å². The van der Waals surface area contributed by atoms with Crippen molar-refractivity contribution in [3.63, 3.8) is 0 Å². The zero-order valence-electron chi connectivity index (χ0n) is 31.3. The molecule has 1 aromatic carbocycles. The molecule has 0 unspecified atom stereocenters. The van der Waals surface area contributed by atoms with Crippen LogP contribution in [0.4, 0.5) is 0 Å². The third kappa shape index (κ3) is 7.58. The number of allylic oxidation sites excluding steroid dienone is 1. The summed E-state index contributed by atoms with van der Waals surface area (Å²) in [6, 6.07) is 4.41. The SMILES string of the molecule is COc1ccc2c(O[C@@H]3C[C@H]4C(=O)N[C@]5(C(=O)NS(=O)(=O)C6CC6)C[C@H]5/C=C\CCCCCC(C)(C)C(=O)N4C3)cc(-c3nc(C(C)C)cs3)nc2c1Cl. The number of rotatable bonds is 8. The Bertz CT molecular complexity index is 2110. The molecule has 3 aromatic rings. The predicted octanol–water partition coefficient (Wildman–Crippen LogP) is 6.52. The van der Waals surface area contributed by atoms with E-state index in [0.29, 0.717) is 57.4 Å². The maximum atomic E-state index is 14.4. The molecular weight excluding hydrogens is 750 g/mol. The van der Waals surface area contributed by atoms with E-state index in [1.54, 1.807) is 11.0 Å². The number of pyridine rings is 1. The minimum absolute atomic E-state index is 0.122. The number of nitrogens with zero attached hydrogens (tertiary/aromatic N) is 3. The summed E-state index contributed by atoms with van der Waals surface area (Å²) >= 11 is 8.29. The van der Waals surface area contributed by atoms with Gasteiger partial charge in [-0.05, 0) is 56.6 Å². The highest BCUT2D eigenvalue weighted by molar-refractivity contribution is 7.91. The van der Waals surface area contributed by atoms with Gasteiger partial charge in [-0.25, -0.2) is 18.4 Å². The molecular formula is C39H48ClN5O7S2. The lowest BCUT2D eigenvalue weighted by Crippen LogP contribution is -2.57. The lowest BCUT2D eigenvalue weighted by atomic mass is 9.85. The normalized spacial score (nSPS) is 26.6. The number of ether oxygens (including phenoxy) is 2. The Morgan fingerprint density at radius 2 is 1.91 bits per heavy atom. The van der Waals surface area contributed by atoms with E-state index in [1.807, 2.05) is 43.5 Å². The number of fused-ring (bicyclic) bond motifs is 3. The molecule has 0 radical (unpaired) electrons. The zero-order valence-corrected chi connectivity index (χ0v) is 33.7. The van der Waals surface area contributed by atoms with Gasteiger partial charge in [0, 0.05) is 34.6 Å². The van der Waals surface area contributed by atoms with Crippen molar-refractivity contribution in [2.75, 3.05) is 13.7 Å². The number of thiazole rings is 1. The number of hydrogen-bond acceptors (Lipinski definition) is 10. The number of nitrogens with one attached hydrogen (secondary N) is 2. The Balaban J connectivity index is 1.23. The first-order valence-electron chi connectivity index (χ1n) is 18.8. The van der Waals surface area contributed by atoms with Crippen molar-refractivity contribution in [2.24, 2.45) is 11.3 Å². The van der Waals surface area contributed by atoms with E-state index in [1.165, 1.54) is 18.4 Å². The molecule has 15 heteroatoms. The van der Waals surface area contributed by atoms with Crippen molar-refractivity contribution < 1.29 is 32.3 Å². The number of amides is 3. The average molecular weight is 798 g/mol. The van der Waals surface area contributed by atoms with Crippen LogP contribution >= 0.6 is 22.9 Å². The van der Waals surface area contributed by atoms with Gasteiger partial charge in [-0.3, -0.25) is 19.1 Å². The molecule has 3 amide bonds. The van der Waals surface area contributed by atoms with Crippen molar-refractivity contribution >= 4 is 61.6 Å². The monoisotopic (exact) mass is 797 g/mol. The third-order valence-electron chi connectivity index (χ3n) is 11.1. The Morgan fingerprint density at radius 1 is 1.13 bits per heavy atom. The Hall–Kier alpha value is -3.75. The summed E-state index contributed by atoms with van der Waals surface area (Å²) in [5.74, 6) is -0.671. The molecule has 1 saturated heterocycles. The molecule has 4 aliphatic rings. The molecule has 2 saturated carbocycles. The van der Waals surface area contributed by atoms with Crippen molar-refractivity contribution in [1.82, 2.24) is 24.9 Å². The van der Waals surface area contributed by atoms with Crippen LogP contribution in [0.25, 0.3) is 21.6 Å². The molecule has 2 aliphatic carbocycles.